The zero-order valence-electron chi connectivity index (χ0n) is 12.2. The Bertz CT molecular complexity index is 331. The van der Waals surface area contributed by atoms with Crippen molar-refractivity contribution in [3.8, 4) is 0 Å². The van der Waals surface area contributed by atoms with Crippen molar-refractivity contribution < 1.29 is 27.1 Å². The highest BCUT2D eigenvalue weighted by molar-refractivity contribution is 7.99. The molecular formula is C14H22F4O2S. The fourth-order valence-electron chi connectivity index (χ4n) is 2.37. The number of ether oxygens (including phenoxy) is 1. The van der Waals surface area contributed by atoms with Gasteiger partial charge in [0.05, 0.1) is 12.5 Å². The molecule has 0 heterocycles. The number of carbonyl (C=O) groups excluding carboxylic acids is 1. The molecule has 0 radical (unpaired) electrons. The molecule has 1 aliphatic rings. The van der Waals surface area contributed by atoms with Gasteiger partial charge in [0.1, 0.15) is 0 Å². The van der Waals surface area contributed by atoms with E-state index in [1.807, 2.05) is 0 Å². The molecule has 0 N–H and O–H groups in total. The number of halogens is 4. The van der Waals surface area contributed by atoms with Gasteiger partial charge in [-0.05, 0) is 31.9 Å². The molecule has 0 atom stereocenters. The van der Waals surface area contributed by atoms with Crippen LogP contribution in [0.3, 0.4) is 0 Å². The SMILES string of the molecule is CSC(F)(F)C(F)(F)CCCCOC(=O)C1CCCCC1. The van der Waals surface area contributed by atoms with Crippen LogP contribution in [0.5, 0.6) is 0 Å². The second kappa shape index (κ2) is 8.25. The van der Waals surface area contributed by atoms with Gasteiger partial charge in [0.25, 0.3) is 0 Å². The molecule has 0 spiro atoms. The Morgan fingerprint density at radius 2 is 1.76 bits per heavy atom. The van der Waals surface area contributed by atoms with Crippen molar-refractivity contribution in [3.05, 3.63) is 0 Å². The van der Waals surface area contributed by atoms with Crippen molar-refractivity contribution in [2.24, 2.45) is 5.92 Å². The Morgan fingerprint density at radius 3 is 2.33 bits per heavy atom. The molecule has 0 saturated heterocycles. The third-order valence-electron chi connectivity index (χ3n) is 3.75. The molecule has 1 rings (SSSR count). The van der Waals surface area contributed by atoms with Gasteiger partial charge in [-0.15, -0.1) is 0 Å². The molecule has 1 aliphatic carbocycles. The Hall–Kier alpha value is -0.460. The number of thioether (sulfide) groups is 1. The number of rotatable bonds is 8. The molecule has 0 amide bonds. The van der Waals surface area contributed by atoms with Gasteiger partial charge in [-0.3, -0.25) is 4.79 Å². The molecule has 0 aliphatic heterocycles. The highest BCUT2D eigenvalue weighted by atomic mass is 32.2. The fraction of sp³-hybridized carbons (Fsp3) is 0.929. The highest BCUT2D eigenvalue weighted by Crippen LogP contribution is 2.44. The lowest BCUT2D eigenvalue weighted by molar-refractivity contribution is -0.157. The summed E-state index contributed by atoms with van der Waals surface area (Å²) in [7, 11) is 0. The van der Waals surface area contributed by atoms with E-state index in [2.05, 4.69) is 0 Å². The maximum atomic E-state index is 13.2. The Labute approximate surface area is 127 Å². The van der Waals surface area contributed by atoms with Gasteiger partial charge < -0.3 is 4.74 Å². The topological polar surface area (TPSA) is 26.3 Å². The van der Waals surface area contributed by atoms with Crippen molar-refractivity contribution in [1.29, 1.82) is 0 Å². The van der Waals surface area contributed by atoms with Crippen LogP contribution in [0.25, 0.3) is 0 Å². The Kier molecular flexibility index (Phi) is 7.30. The zero-order chi connectivity index (χ0) is 15.9. The van der Waals surface area contributed by atoms with Crippen LogP contribution >= 0.6 is 11.8 Å². The molecule has 7 heteroatoms. The van der Waals surface area contributed by atoms with Gasteiger partial charge in [-0.25, -0.2) is 0 Å². The van der Waals surface area contributed by atoms with Crippen molar-refractivity contribution >= 4 is 17.7 Å². The maximum absolute atomic E-state index is 13.2. The summed E-state index contributed by atoms with van der Waals surface area (Å²) in [4.78, 5) is 11.7. The fourth-order valence-corrected chi connectivity index (χ4v) is 2.77. The number of alkyl halides is 4. The molecule has 0 aromatic carbocycles. The van der Waals surface area contributed by atoms with Gasteiger partial charge in [-0.1, -0.05) is 31.0 Å². The first-order valence-corrected chi connectivity index (χ1v) is 8.50. The van der Waals surface area contributed by atoms with E-state index in [-0.39, 0.29) is 43.1 Å². The van der Waals surface area contributed by atoms with E-state index in [1.54, 1.807) is 0 Å². The number of carbonyl (C=O) groups is 1. The van der Waals surface area contributed by atoms with E-state index in [4.69, 9.17) is 4.74 Å². The highest BCUT2D eigenvalue weighted by Gasteiger charge is 2.54. The standard InChI is InChI=1S/C14H22F4O2S/c1-21-14(17,18)13(15,16)9-5-6-10-20-12(19)11-7-3-2-4-8-11/h11H,2-10H2,1H3. The Morgan fingerprint density at radius 1 is 1.14 bits per heavy atom. The molecule has 1 saturated carbocycles. The molecule has 0 aromatic rings. The van der Waals surface area contributed by atoms with Gasteiger partial charge in [0.15, 0.2) is 0 Å². The van der Waals surface area contributed by atoms with Gasteiger partial charge in [-0.2, -0.15) is 17.6 Å². The Balaban J connectivity index is 2.18. The molecule has 1 fully saturated rings. The van der Waals surface area contributed by atoms with Crippen LogP contribution in [0.1, 0.15) is 51.4 Å². The van der Waals surface area contributed by atoms with E-state index < -0.39 is 17.6 Å². The lowest BCUT2D eigenvalue weighted by Crippen LogP contribution is -2.37. The number of unbranched alkanes of at least 4 members (excludes halogenated alkanes) is 1. The number of hydrogen-bond acceptors (Lipinski definition) is 3. The van der Waals surface area contributed by atoms with Gasteiger partial charge >= 0.3 is 17.1 Å². The number of hydrogen-bond donors (Lipinski definition) is 0. The van der Waals surface area contributed by atoms with Crippen molar-refractivity contribution in [3.63, 3.8) is 0 Å². The van der Waals surface area contributed by atoms with Crippen LogP contribution in [0, 0.1) is 5.92 Å². The molecule has 2 nitrogen and oxygen atoms in total. The van der Waals surface area contributed by atoms with Crippen LogP contribution in [-0.2, 0) is 9.53 Å². The van der Waals surface area contributed by atoms with Gasteiger partial charge in [0, 0.05) is 6.42 Å². The summed E-state index contributed by atoms with van der Waals surface area (Å²) >= 11 is -0.147. The van der Waals surface area contributed by atoms with Crippen LogP contribution in [-0.4, -0.2) is 30.0 Å². The summed E-state index contributed by atoms with van der Waals surface area (Å²) in [5.41, 5.74) is 0. The molecule has 0 bridgehead atoms. The van der Waals surface area contributed by atoms with E-state index >= 15 is 0 Å². The molecule has 124 valence electrons. The monoisotopic (exact) mass is 330 g/mol. The number of esters is 1. The van der Waals surface area contributed by atoms with E-state index in [1.165, 1.54) is 0 Å². The van der Waals surface area contributed by atoms with Crippen molar-refractivity contribution in [2.75, 3.05) is 12.9 Å². The van der Waals surface area contributed by atoms with E-state index in [0.29, 0.717) is 0 Å². The molecule has 0 unspecified atom stereocenters. The van der Waals surface area contributed by atoms with Crippen molar-refractivity contribution in [1.82, 2.24) is 0 Å². The first-order valence-electron chi connectivity index (χ1n) is 7.27. The van der Waals surface area contributed by atoms with E-state index in [9.17, 15) is 22.4 Å². The van der Waals surface area contributed by atoms with Gasteiger partial charge in [0.2, 0.25) is 0 Å². The van der Waals surface area contributed by atoms with Crippen LogP contribution in [0.4, 0.5) is 17.6 Å². The maximum Gasteiger partial charge on any atom is 0.355 e. The average molecular weight is 330 g/mol. The van der Waals surface area contributed by atoms with Crippen LogP contribution in [0.15, 0.2) is 0 Å². The van der Waals surface area contributed by atoms with Crippen molar-refractivity contribution in [2.45, 2.75) is 62.5 Å². The third kappa shape index (κ3) is 5.68. The normalized spacial score (nSPS) is 17.8. The summed E-state index contributed by atoms with van der Waals surface area (Å²) in [6.45, 7) is 0.0241. The second-order valence-corrected chi connectivity index (χ2v) is 6.31. The molecular weight excluding hydrogens is 308 g/mol. The quantitative estimate of drug-likeness (QED) is 0.361. The van der Waals surface area contributed by atoms with Crippen LogP contribution < -0.4 is 0 Å². The summed E-state index contributed by atoms with van der Waals surface area (Å²) < 4.78 is 57.3. The minimum Gasteiger partial charge on any atom is -0.465 e. The van der Waals surface area contributed by atoms with Crippen LogP contribution in [0.2, 0.25) is 0 Å². The summed E-state index contributed by atoms with van der Waals surface area (Å²) in [5.74, 6) is -4.39. The minimum atomic E-state index is -4.05. The second-order valence-electron chi connectivity index (χ2n) is 5.38. The first-order chi connectivity index (χ1) is 9.80. The minimum absolute atomic E-state index is 0.0241. The molecule has 0 aromatic heterocycles. The van der Waals surface area contributed by atoms with E-state index in [0.717, 1.165) is 38.4 Å². The molecule has 21 heavy (non-hydrogen) atoms. The largest absolute Gasteiger partial charge is 0.465 e. The predicted octanol–water partition coefficient (Wildman–Crippen LogP) is 4.87. The smallest absolute Gasteiger partial charge is 0.355 e. The lowest BCUT2D eigenvalue weighted by Gasteiger charge is -2.24. The summed E-state index contributed by atoms with van der Waals surface area (Å²) in [6.07, 6.45) is 4.92. The third-order valence-corrected chi connectivity index (χ3v) is 4.56. The summed E-state index contributed by atoms with van der Waals surface area (Å²) in [6, 6.07) is 0. The lowest BCUT2D eigenvalue weighted by atomic mass is 9.89. The average Bonchev–Trinajstić information content (AvgIpc) is 2.47. The predicted molar refractivity (Wildman–Crippen MR) is 74.8 cm³/mol. The zero-order valence-corrected chi connectivity index (χ0v) is 13.0. The summed E-state index contributed by atoms with van der Waals surface area (Å²) in [5, 5.41) is -4.05. The first kappa shape index (κ1) is 18.6.